The molecule has 0 saturated heterocycles. The van der Waals surface area contributed by atoms with Gasteiger partial charge in [-0.15, -0.1) is 0 Å². The average Bonchev–Trinajstić information content (AvgIpc) is 2.14. The highest BCUT2D eigenvalue weighted by atomic mass is 19.1. The van der Waals surface area contributed by atoms with Gasteiger partial charge in [0.25, 0.3) is 0 Å². The molecule has 1 atom stereocenters. The molecule has 3 N–H and O–H groups in total. The van der Waals surface area contributed by atoms with Crippen LogP contribution >= 0.6 is 0 Å². The van der Waals surface area contributed by atoms with Crippen molar-refractivity contribution in [3.05, 3.63) is 29.6 Å². The van der Waals surface area contributed by atoms with E-state index in [0.29, 0.717) is 5.56 Å². The number of phenols is 1. The van der Waals surface area contributed by atoms with Crippen molar-refractivity contribution < 1.29 is 19.4 Å². The minimum Gasteiger partial charge on any atom is -0.508 e. The molecule has 0 aliphatic rings. The van der Waals surface area contributed by atoms with Crippen LogP contribution in [0, 0.1) is 5.82 Å². The van der Waals surface area contributed by atoms with E-state index in [1.807, 2.05) is 0 Å². The predicted molar refractivity (Wildman–Crippen MR) is 52.1 cm³/mol. The van der Waals surface area contributed by atoms with Crippen molar-refractivity contribution in [2.24, 2.45) is 0 Å². The predicted octanol–water partition coefficient (Wildman–Crippen LogP) is 1.27. The summed E-state index contributed by atoms with van der Waals surface area (Å²) in [5.74, 6) is -1.71. The van der Waals surface area contributed by atoms with Gasteiger partial charge in [-0.05, 0) is 13.0 Å². The van der Waals surface area contributed by atoms with Gasteiger partial charge in [0.15, 0.2) is 0 Å². The van der Waals surface area contributed by atoms with Gasteiger partial charge in [-0.1, -0.05) is 6.07 Å². The molecule has 0 spiro atoms. The van der Waals surface area contributed by atoms with Crippen LogP contribution in [0.5, 0.6) is 5.75 Å². The SMILES string of the molecule is CC(NCC(=O)O)c1ccc(O)cc1F. The zero-order valence-electron chi connectivity index (χ0n) is 8.20. The van der Waals surface area contributed by atoms with Gasteiger partial charge < -0.3 is 15.5 Å². The Morgan fingerprint density at radius 3 is 2.80 bits per heavy atom. The van der Waals surface area contributed by atoms with Crippen molar-refractivity contribution in [2.45, 2.75) is 13.0 Å². The Morgan fingerprint density at radius 1 is 1.60 bits per heavy atom. The first-order valence-electron chi connectivity index (χ1n) is 4.44. The van der Waals surface area contributed by atoms with E-state index in [9.17, 15) is 9.18 Å². The van der Waals surface area contributed by atoms with E-state index in [4.69, 9.17) is 10.2 Å². The van der Waals surface area contributed by atoms with Gasteiger partial charge in [-0.2, -0.15) is 0 Å². The molecule has 1 rings (SSSR count). The van der Waals surface area contributed by atoms with Crippen LogP contribution in [0.2, 0.25) is 0 Å². The molecule has 0 fully saturated rings. The van der Waals surface area contributed by atoms with Crippen LogP contribution in [0.15, 0.2) is 18.2 Å². The molecule has 1 aromatic rings. The third-order valence-corrected chi connectivity index (χ3v) is 2.01. The molecule has 5 heteroatoms. The molecule has 4 nitrogen and oxygen atoms in total. The fraction of sp³-hybridized carbons (Fsp3) is 0.300. The maximum absolute atomic E-state index is 13.3. The Balaban J connectivity index is 2.73. The van der Waals surface area contributed by atoms with Crippen LogP contribution in [0.4, 0.5) is 4.39 Å². The number of carbonyl (C=O) groups is 1. The molecule has 0 saturated carbocycles. The second-order valence-corrected chi connectivity index (χ2v) is 3.20. The topological polar surface area (TPSA) is 69.6 Å². The second-order valence-electron chi connectivity index (χ2n) is 3.20. The molecule has 1 aromatic carbocycles. The molecular formula is C10H12FNO3. The van der Waals surface area contributed by atoms with Crippen LogP contribution in [-0.4, -0.2) is 22.7 Å². The number of phenolic OH excluding ortho intramolecular Hbond substituents is 1. The summed E-state index contributed by atoms with van der Waals surface area (Å²) in [5, 5.41) is 20.0. The first kappa shape index (κ1) is 11.5. The number of carboxylic acids is 1. The number of hydrogen-bond acceptors (Lipinski definition) is 3. The molecule has 15 heavy (non-hydrogen) atoms. The smallest absolute Gasteiger partial charge is 0.317 e. The molecule has 82 valence electrons. The van der Waals surface area contributed by atoms with Gasteiger partial charge in [0.05, 0.1) is 6.54 Å². The van der Waals surface area contributed by atoms with E-state index >= 15 is 0 Å². The molecule has 1 unspecified atom stereocenters. The largest absolute Gasteiger partial charge is 0.508 e. The minimum atomic E-state index is -0.999. The summed E-state index contributed by atoms with van der Waals surface area (Å²) in [4.78, 5) is 10.3. The number of benzene rings is 1. The summed E-state index contributed by atoms with van der Waals surface area (Å²) >= 11 is 0. The summed E-state index contributed by atoms with van der Waals surface area (Å²) in [6.07, 6.45) is 0. The van der Waals surface area contributed by atoms with Crippen LogP contribution in [0.3, 0.4) is 0 Å². The lowest BCUT2D eigenvalue weighted by Gasteiger charge is -2.13. The normalized spacial score (nSPS) is 12.4. The van der Waals surface area contributed by atoms with Crippen LogP contribution in [-0.2, 0) is 4.79 Å². The Hall–Kier alpha value is -1.62. The molecule has 0 heterocycles. The van der Waals surface area contributed by atoms with Crippen molar-refractivity contribution in [1.29, 1.82) is 0 Å². The quantitative estimate of drug-likeness (QED) is 0.704. The fourth-order valence-electron chi connectivity index (χ4n) is 1.22. The van der Waals surface area contributed by atoms with Crippen molar-refractivity contribution in [2.75, 3.05) is 6.54 Å². The molecular weight excluding hydrogens is 201 g/mol. The van der Waals surface area contributed by atoms with Crippen molar-refractivity contribution >= 4 is 5.97 Å². The standard InChI is InChI=1S/C10H12FNO3/c1-6(12-5-10(14)15)8-3-2-7(13)4-9(8)11/h2-4,6,12-13H,5H2,1H3,(H,14,15). The summed E-state index contributed by atoms with van der Waals surface area (Å²) in [7, 11) is 0. The lowest BCUT2D eigenvalue weighted by atomic mass is 10.1. The first-order valence-corrected chi connectivity index (χ1v) is 4.44. The average molecular weight is 213 g/mol. The van der Waals surface area contributed by atoms with Crippen molar-refractivity contribution in [1.82, 2.24) is 5.32 Å². The first-order chi connectivity index (χ1) is 7.00. The van der Waals surface area contributed by atoms with E-state index in [-0.39, 0.29) is 12.3 Å². The molecule has 0 aromatic heterocycles. The summed E-state index contributed by atoms with van der Waals surface area (Å²) in [6, 6.07) is 3.36. The van der Waals surface area contributed by atoms with Gasteiger partial charge in [-0.25, -0.2) is 4.39 Å². The van der Waals surface area contributed by atoms with Gasteiger partial charge in [0.2, 0.25) is 0 Å². The maximum atomic E-state index is 13.3. The summed E-state index contributed by atoms with van der Waals surface area (Å²) in [6.45, 7) is 1.42. The number of aliphatic carboxylic acids is 1. The molecule has 0 aliphatic carbocycles. The third kappa shape index (κ3) is 3.21. The summed E-state index contributed by atoms with van der Waals surface area (Å²) < 4.78 is 13.3. The number of rotatable bonds is 4. The van der Waals surface area contributed by atoms with Crippen LogP contribution in [0.25, 0.3) is 0 Å². The highest BCUT2D eigenvalue weighted by molar-refractivity contribution is 5.69. The Kier molecular flexibility index (Phi) is 3.62. The molecule has 0 bridgehead atoms. The monoisotopic (exact) mass is 213 g/mol. The summed E-state index contributed by atoms with van der Waals surface area (Å²) in [5.41, 5.74) is 0.328. The van der Waals surface area contributed by atoms with Crippen molar-refractivity contribution in [3.63, 3.8) is 0 Å². The number of aromatic hydroxyl groups is 1. The van der Waals surface area contributed by atoms with Crippen LogP contribution < -0.4 is 5.32 Å². The molecule has 0 radical (unpaired) electrons. The van der Waals surface area contributed by atoms with E-state index in [2.05, 4.69) is 5.32 Å². The number of halogens is 1. The van der Waals surface area contributed by atoms with E-state index < -0.39 is 17.8 Å². The van der Waals surface area contributed by atoms with Crippen molar-refractivity contribution in [3.8, 4) is 5.75 Å². The maximum Gasteiger partial charge on any atom is 0.317 e. The Bertz CT molecular complexity index is 368. The number of hydrogen-bond donors (Lipinski definition) is 3. The Morgan fingerprint density at radius 2 is 2.27 bits per heavy atom. The number of nitrogens with one attached hydrogen (secondary N) is 1. The minimum absolute atomic E-state index is 0.151. The van der Waals surface area contributed by atoms with Gasteiger partial charge in [-0.3, -0.25) is 4.79 Å². The molecule has 0 aliphatic heterocycles. The zero-order chi connectivity index (χ0) is 11.4. The van der Waals surface area contributed by atoms with E-state index in [1.54, 1.807) is 6.92 Å². The van der Waals surface area contributed by atoms with E-state index in [0.717, 1.165) is 6.07 Å². The van der Waals surface area contributed by atoms with Gasteiger partial charge >= 0.3 is 5.97 Å². The lowest BCUT2D eigenvalue weighted by molar-refractivity contribution is -0.136. The zero-order valence-corrected chi connectivity index (χ0v) is 8.20. The number of carboxylic acid groups (broad SMARTS) is 1. The van der Waals surface area contributed by atoms with Crippen LogP contribution in [0.1, 0.15) is 18.5 Å². The third-order valence-electron chi connectivity index (χ3n) is 2.01. The second kappa shape index (κ2) is 4.75. The fourth-order valence-corrected chi connectivity index (χ4v) is 1.22. The van der Waals surface area contributed by atoms with Gasteiger partial charge in [0, 0.05) is 17.7 Å². The van der Waals surface area contributed by atoms with E-state index in [1.165, 1.54) is 12.1 Å². The highest BCUT2D eigenvalue weighted by Gasteiger charge is 2.11. The lowest BCUT2D eigenvalue weighted by Crippen LogP contribution is -2.26. The highest BCUT2D eigenvalue weighted by Crippen LogP contribution is 2.20. The molecule has 0 amide bonds. The Labute approximate surface area is 86.4 Å². The van der Waals surface area contributed by atoms with Gasteiger partial charge in [0.1, 0.15) is 11.6 Å².